The maximum absolute atomic E-state index is 15.7. The van der Waals surface area contributed by atoms with Crippen LogP contribution in [0.4, 0.5) is 8.78 Å². The number of benzene rings is 2. The number of ether oxygens (including phenoxy) is 1. The highest BCUT2D eigenvalue weighted by atomic mass is 35.5. The van der Waals surface area contributed by atoms with Crippen molar-refractivity contribution in [2.45, 2.75) is 50.6 Å². The molecule has 5 nitrogen and oxygen atoms in total. The highest BCUT2D eigenvalue weighted by Crippen LogP contribution is 2.53. The summed E-state index contributed by atoms with van der Waals surface area (Å²) in [6, 6.07) is 9.43. The van der Waals surface area contributed by atoms with Gasteiger partial charge in [-0.3, -0.25) is 4.79 Å². The van der Waals surface area contributed by atoms with Crippen molar-refractivity contribution >= 4 is 29.1 Å². The minimum absolute atomic E-state index is 0.0233. The Kier molecular flexibility index (Phi) is 6.56. The SMILES string of the molecule is CC(C)(C)C[C@@H]1N[C@@H](C(=O)N2CC3(COC3)C2)[C@H](c2cccc(Cl)c2F)[C@@]1(C#N)c1ccc(Cl)cc1F. The number of carbonyl (C=O) groups excluding carboxylic acids is 1. The zero-order valence-corrected chi connectivity index (χ0v) is 22.5. The first-order chi connectivity index (χ1) is 17.4. The number of hydrogen-bond donors (Lipinski definition) is 1. The number of likely N-dealkylation sites (tertiary alicyclic amines) is 1. The number of halogens is 4. The lowest BCUT2D eigenvalue weighted by Gasteiger charge is -2.55. The average molecular weight is 548 g/mol. The zero-order chi connectivity index (χ0) is 26.8. The average Bonchev–Trinajstić information content (AvgIpc) is 3.06. The van der Waals surface area contributed by atoms with E-state index in [2.05, 4.69) is 11.4 Å². The van der Waals surface area contributed by atoms with Gasteiger partial charge >= 0.3 is 0 Å². The molecule has 2 aromatic carbocycles. The monoisotopic (exact) mass is 547 g/mol. The van der Waals surface area contributed by atoms with E-state index in [1.807, 2.05) is 20.8 Å². The molecule has 0 aliphatic carbocycles. The smallest absolute Gasteiger partial charge is 0.240 e. The predicted molar refractivity (Wildman–Crippen MR) is 137 cm³/mol. The van der Waals surface area contributed by atoms with Crippen LogP contribution in [0.15, 0.2) is 36.4 Å². The highest BCUT2D eigenvalue weighted by Gasteiger charge is 2.63. The number of rotatable bonds is 4. The summed E-state index contributed by atoms with van der Waals surface area (Å²) in [7, 11) is 0. The molecule has 3 aliphatic rings. The van der Waals surface area contributed by atoms with Gasteiger partial charge < -0.3 is 15.0 Å². The van der Waals surface area contributed by atoms with Crippen molar-refractivity contribution in [3.05, 3.63) is 69.2 Å². The van der Waals surface area contributed by atoms with Gasteiger partial charge in [-0.05, 0) is 35.6 Å². The van der Waals surface area contributed by atoms with Crippen molar-refractivity contribution in [3.8, 4) is 6.07 Å². The van der Waals surface area contributed by atoms with Crippen LogP contribution in [0.3, 0.4) is 0 Å². The summed E-state index contributed by atoms with van der Waals surface area (Å²) < 4.78 is 36.7. The maximum atomic E-state index is 15.7. The normalized spacial score (nSPS) is 28.5. The van der Waals surface area contributed by atoms with Crippen LogP contribution in [0.1, 0.15) is 44.2 Å². The van der Waals surface area contributed by atoms with Gasteiger partial charge in [0, 0.05) is 35.6 Å². The van der Waals surface area contributed by atoms with Gasteiger partial charge in [-0.15, -0.1) is 0 Å². The summed E-state index contributed by atoms with van der Waals surface area (Å²) >= 11 is 12.2. The third-order valence-corrected chi connectivity index (χ3v) is 8.42. The van der Waals surface area contributed by atoms with Crippen molar-refractivity contribution in [2.24, 2.45) is 10.8 Å². The molecule has 0 unspecified atom stereocenters. The first kappa shape index (κ1) is 26.4. The lowest BCUT2D eigenvalue weighted by molar-refractivity contribution is -0.196. The molecule has 5 rings (SSSR count). The Morgan fingerprint density at radius 2 is 1.92 bits per heavy atom. The number of nitrogens with one attached hydrogen (secondary N) is 1. The van der Waals surface area contributed by atoms with Crippen LogP contribution < -0.4 is 5.32 Å². The van der Waals surface area contributed by atoms with Gasteiger partial charge in [0.1, 0.15) is 17.0 Å². The topological polar surface area (TPSA) is 65.4 Å². The molecule has 2 aromatic rings. The molecule has 3 heterocycles. The lowest BCUT2D eigenvalue weighted by Crippen LogP contribution is -2.69. The largest absolute Gasteiger partial charge is 0.380 e. The summed E-state index contributed by atoms with van der Waals surface area (Å²) in [6.45, 7) is 8.30. The van der Waals surface area contributed by atoms with E-state index in [9.17, 15) is 10.1 Å². The van der Waals surface area contributed by atoms with Crippen molar-refractivity contribution in [1.82, 2.24) is 10.2 Å². The number of carbonyl (C=O) groups is 1. The molecule has 37 heavy (non-hydrogen) atoms. The number of nitriles is 1. The van der Waals surface area contributed by atoms with Gasteiger partial charge in [0.05, 0.1) is 35.8 Å². The molecule has 0 saturated carbocycles. The van der Waals surface area contributed by atoms with Gasteiger partial charge in [0.2, 0.25) is 5.91 Å². The van der Waals surface area contributed by atoms with E-state index in [1.165, 1.54) is 24.3 Å². The molecule has 196 valence electrons. The van der Waals surface area contributed by atoms with Gasteiger partial charge in [-0.1, -0.05) is 62.2 Å². The fourth-order valence-electron chi connectivity index (χ4n) is 6.23. The molecule has 3 aliphatic heterocycles. The second kappa shape index (κ2) is 9.20. The van der Waals surface area contributed by atoms with Crippen LogP contribution in [0, 0.1) is 33.8 Å². The Morgan fingerprint density at radius 3 is 2.49 bits per heavy atom. The van der Waals surface area contributed by atoms with E-state index in [1.54, 1.807) is 11.0 Å². The summed E-state index contributed by atoms with van der Waals surface area (Å²) in [5.41, 5.74) is -1.75. The van der Waals surface area contributed by atoms with Gasteiger partial charge in [-0.2, -0.15) is 5.26 Å². The first-order valence-electron chi connectivity index (χ1n) is 12.3. The van der Waals surface area contributed by atoms with E-state index in [4.69, 9.17) is 27.9 Å². The molecule has 3 fully saturated rings. The fraction of sp³-hybridized carbons (Fsp3) is 0.500. The second-order valence-electron chi connectivity index (χ2n) is 11.9. The zero-order valence-electron chi connectivity index (χ0n) is 21.0. The number of hydrogen-bond acceptors (Lipinski definition) is 4. The molecule has 1 spiro atoms. The molecule has 9 heteroatoms. The van der Waals surface area contributed by atoms with E-state index >= 15 is 8.78 Å². The Balaban J connectivity index is 1.69. The Bertz CT molecular complexity index is 1280. The molecule has 1 amide bonds. The Hall–Kier alpha value is -2.24. The summed E-state index contributed by atoms with van der Waals surface area (Å²) in [5, 5.41) is 14.3. The highest BCUT2D eigenvalue weighted by molar-refractivity contribution is 6.31. The summed E-state index contributed by atoms with van der Waals surface area (Å²) in [4.78, 5) is 15.7. The minimum Gasteiger partial charge on any atom is -0.380 e. The molecule has 0 radical (unpaired) electrons. The summed E-state index contributed by atoms with van der Waals surface area (Å²) in [6.07, 6.45) is 0.433. The standard InChI is InChI=1S/C28H29Cl2F2N3O2/c1-26(2,3)10-21-28(11-33,18-8-7-16(29)9-20(18)31)22(17-5-4-6-19(30)23(17)32)24(34-21)25(36)35-12-27(13-35)14-37-15-27/h4-9,21-22,24,34H,10,12-15H2,1-3H3/t21-,22-,24+,28-/m0/s1. The quantitative estimate of drug-likeness (QED) is 0.552. The van der Waals surface area contributed by atoms with E-state index in [-0.39, 0.29) is 37.9 Å². The van der Waals surface area contributed by atoms with Crippen LogP contribution in [0.25, 0.3) is 0 Å². The van der Waals surface area contributed by atoms with Crippen LogP contribution >= 0.6 is 23.2 Å². The van der Waals surface area contributed by atoms with E-state index in [0.29, 0.717) is 32.7 Å². The maximum Gasteiger partial charge on any atom is 0.240 e. The van der Waals surface area contributed by atoms with Gasteiger partial charge in [-0.25, -0.2) is 8.78 Å². The molecule has 0 bridgehead atoms. The minimum atomic E-state index is -1.62. The predicted octanol–water partition coefficient (Wildman–Crippen LogP) is 5.45. The molecular formula is C28H29Cl2F2N3O2. The molecule has 3 saturated heterocycles. The third-order valence-electron chi connectivity index (χ3n) is 7.90. The second-order valence-corrected chi connectivity index (χ2v) is 12.7. The lowest BCUT2D eigenvalue weighted by atomic mass is 9.62. The van der Waals surface area contributed by atoms with Crippen LogP contribution in [0.2, 0.25) is 10.0 Å². The van der Waals surface area contributed by atoms with Crippen molar-refractivity contribution in [3.63, 3.8) is 0 Å². The van der Waals surface area contributed by atoms with Gasteiger partial charge in [0.25, 0.3) is 0 Å². The first-order valence-corrected chi connectivity index (χ1v) is 13.1. The Labute approximate surface area is 225 Å². The van der Waals surface area contributed by atoms with Crippen molar-refractivity contribution in [2.75, 3.05) is 26.3 Å². The summed E-state index contributed by atoms with van der Waals surface area (Å²) in [5.74, 6) is -2.68. The number of amides is 1. The van der Waals surface area contributed by atoms with E-state index in [0.717, 1.165) is 6.07 Å². The van der Waals surface area contributed by atoms with Crippen molar-refractivity contribution in [1.29, 1.82) is 5.26 Å². The molecule has 0 aromatic heterocycles. The van der Waals surface area contributed by atoms with Gasteiger partial charge in [0.15, 0.2) is 0 Å². The van der Waals surface area contributed by atoms with Crippen molar-refractivity contribution < 1.29 is 18.3 Å². The Morgan fingerprint density at radius 1 is 1.22 bits per heavy atom. The molecule has 1 N–H and O–H groups in total. The third kappa shape index (κ3) is 4.32. The van der Waals surface area contributed by atoms with Crippen LogP contribution in [-0.4, -0.2) is 49.2 Å². The van der Waals surface area contributed by atoms with Crippen LogP contribution in [-0.2, 0) is 14.9 Å². The number of nitrogens with zero attached hydrogens (tertiary/aromatic N) is 2. The molecular weight excluding hydrogens is 519 g/mol. The van der Waals surface area contributed by atoms with Crippen LogP contribution in [0.5, 0.6) is 0 Å². The fourth-order valence-corrected chi connectivity index (χ4v) is 6.57. The van der Waals surface area contributed by atoms with E-state index < -0.39 is 35.1 Å². The molecule has 4 atom stereocenters.